The predicted molar refractivity (Wildman–Crippen MR) is 103 cm³/mol. The molecule has 0 aliphatic rings. The second-order valence-electron chi connectivity index (χ2n) is 5.63. The lowest BCUT2D eigenvalue weighted by atomic mass is 10.2. The van der Waals surface area contributed by atoms with Crippen molar-refractivity contribution >= 4 is 40.6 Å². The van der Waals surface area contributed by atoms with E-state index in [9.17, 15) is 9.18 Å². The van der Waals surface area contributed by atoms with E-state index in [4.69, 9.17) is 11.6 Å². The van der Waals surface area contributed by atoms with Crippen LogP contribution in [0, 0.1) is 12.7 Å². The summed E-state index contributed by atoms with van der Waals surface area (Å²) >= 11 is 5.80. The molecule has 3 aromatic rings. The standard InChI is InChI=1S/C19H16ClFN4O2/c1-11-22-17(24-13-5-3-12(4-6-13)19(26)27-2)10-18(23-11)25-14-7-8-16(21)15(20)9-14/h3-10H,1-2H3,(H2,22,23,24,25). The molecule has 2 aromatic carbocycles. The third-order valence-corrected chi connectivity index (χ3v) is 3.90. The van der Waals surface area contributed by atoms with Crippen LogP contribution in [0.4, 0.5) is 27.4 Å². The summed E-state index contributed by atoms with van der Waals surface area (Å²) in [5.41, 5.74) is 1.81. The molecule has 0 bridgehead atoms. The number of hydrogen-bond acceptors (Lipinski definition) is 6. The molecule has 0 radical (unpaired) electrons. The van der Waals surface area contributed by atoms with Crippen molar-refractivity contribution in [2.45, 2.75) is 6.92 Å². The van der Waals surface area contributed by atoms with Crippen LogP contribution < -0.4 is 10.6 Å². The first-order valence-electron chi connectivity index (χ1n) is 7.98. The Morgan fingerprint density at radius 1 is 1.00 bits per heavy atom. The van der Waals surface area contributed by atoms with Crippen LogP contribution in [0.3, 0.4) is 0 Å². The highest BCUT2D eigenvalue weighted by Crippen LogP contribution is 2.24. The number of rotatable bonds is 5. The van der Waals surface area contributed by atoms with E-state index in [-0.39, 0.29) is 5.02 Å². The Labute approximate surface area is 160 Å². The summed E-state index contributed by atoms with van der Waals surface area (Å²) < 4.78 is 18.0. The van der Waals surface area contributed by atoms with Gasteiger partial charge in [0.15, 0.2) is 0 Å². The summed E-state index contributed by atoms with van der Waals surface area (Å²) in [6.45, 7) is 1.76. The number of aryl methyl sites for hydroxylation is 1. The fourth-order valence-electron chi connectivity index (χ4n) is 2.37. The fraction of sp³-hybridized carbons (Fsp3) is 0.105. The minimum atomic E-state index is -0.487. The number of anilines is 4. The van der Waals surface area contributed by atoms with Gasteiger partial charge in [0.05, 0.1) is 17.7 Å². The molecule has 1 heterocycles. The Balaban J connectivity index is 1.78. The van der Waals surface area contributed by atoms with Crippen molar-refractivity contribution in [2.24, 2.45) is 0 Å². The SMILES string of the molecule is COC(=O)c1ccc(Nc2cc(Nc3ccc(F)c(Cl)c3)nc(C)n2)cc1. The molecule has 8 heteroatoms. The lowest BCUT2D eigenvalue weighted by Gasteiger charge is -2.11. The molecule has 0 unspecified atom stereocenters. The van der Waals surface area contributed by atoms with Crippen molar-refractivity contribution in [3.05, 3.63) is 70.8 Å². The molecule has 0 saturated carbocycles. The van der Waals surface area contributed by atoms with Gasteiger partial charge < -0.3 is 15.4 Å². The Hall–Kier alpha value is -3.19. The number of hydrogen-bond donors (Lipinski definition) is 2. The number of methoxy groups -OCH3 is 1. The maximum Gasteiger partial charge on any atom is 0.337 e. The van der Waals surface area contributed by atoms with Gasteiger partial charge >= 0.3 is 5.97 Å². The van der Waals surface area contributed by atoms with Gasteiger partial charge in [-0.1, -0.05) is 11.6 Å². The van der Waals surface area contributed by atoms with Gasteiger partial charge in [0.1, 0.15) is 23.3 Å². The highest BCUT2D eigenvalue weighted by molar-refractivity contribution is 6.31. The number of halogens is 2. The van der Waals surface area contributed by atoms with Crippen LogP contribution in [0.5, 0.6) is 0 Å². The molecule has 3 rings (SSSR count). The number of esters is 1. The first kappa shape index (κ1) is 18.6. The molecule has 6 nitrogen and oxygen atoms in total. The van der Waals surface area contributed by atoms with Crippen LogP contribution in [0.25, 0.3) is 0 Å². The van der Waals surface area contributed by atoms with Crippen molar-refractivity contribution in [3.63, 3.8) is 0 Å². The summed E-state index contributed by atoms with van der Waals surface area (Å²) in [4.78, 5) is 20.1. The third kappa shape index (κ3) is 4.71. The monoisotopic (exact) mass is 386 g/mol. The normalized spacial score (nSPS) is 10.4. The minimum Gasteiger partial charge on any atom is -0.465 e. The predicted octanol–water partition coefficient (Wildman–Crippen LogP) is 4.85. The van der Waals surface area contributed by atoms with Gasteiger partial charge in [-0.05, 0) is 49.4 Å². The van der Waals surface area contributed by atoms with E-state index in [0.717, 1.165) is 5.69 Å². The van der Waals surface area contributed by atoms with Crippen LogP contribution >= 0.6 is 11.6 Å². The van der Waals surface area contributed by atoms with E-state index in [2.05, 4.69) is 25.3 Å². The maximum atomic E-state index is 13.3. The van der Waals surface area contributed by atoms with Gasteiger partial charge in [0, 0.05) is 17.4 Å². The van der Waals surface area contributed by atoms with Gasteiger partial charge in [-0.15, -0.1) is 0 Å². The van der Waals surface area contributed by atoms with Crippen LogP contribution in [-0.2, 0) is 4.74 Å². The van der Waals surface area contributed by atoms with Crippen molar-refractivity contribution < 1.29 is 13.9 Å². The first-order valence-corrected chi connectivity index (χ1v) is 8.35. The molecule has 0 atom stereocenters. The van der Waals surface area contributed by atoms with E-state index >= 15 is 0 Å². The Morgan fingerprint density at radius 3 is 2.19 bits per heavy atom. The average molecular weight is 387 g/mol. The van der Waals surface area contributed by atoms with Crippen LogP contribution in [0.1, 0.15) is 16.2 Å². The lowest BCUT2D eigenvalue weighted by Crippen LogP contribution is -2.03. The van der Waals surface area contributed by atoms with Gasteiger partial charge in [0.25, 0.3) is 0 Å². The van der Waals surface area contributed by atoms with Crippen LogP contribution in [0.2, 0.25) is 5.02 Å². The second-order valence-corrected chi connectivity index (χ2v) is 6.04. The number of benzene rings is 2. The first-order chi connectivity index (χ1) is 12.9. The lowest BCUT2D eigenvalue weighted by molar-refractivity contribution is 0.0601. The molecule has 0 amide bonds. The van der Waals surface area contributed by atoms with Crippen LogP contribution in [0.15, 0.2) is 48.5 Å². The summed E-state index contributed by atoms with van der Waals surface area (Å²) in [7, 11) is 1.33. The van der Waals surface area contributed by atoms with Crippen molar-refractivity contribution in [1.82, 2.24) is 9.97 Å². The molecular weight excluding hydrogens is 371 g/mol. The van der Waals surface area contributed by atoms with Crippen molar-refractivity contribution in [2.75, 3.05) is 17.7 Å². The number of nitrogens with zero attached hydrogens (tertiary/aromatic N) is 2. The molecule has 1 aromatic heterocycles. The number of nitrogens with one attached hydrogen (secondary N) is 2. The molecular formula is C19H16ClFN4O2. The molecule has 138 valence electrons. The largest absolute Gasteiger partial charge is 0.465 e. The molecule has 2 N–H and O–H groups in total. The summed E-state index contributed by atoms with van der Waals surface area (Å²) in [5.74, 6) is 0.743. The quantitative estimate of drug-likeness (QED) is 0.610. The van der Waals surface area contributed by atoms with E-state index in [1.165, 1.54) is 19.2 Å². The van der Waals surface area contributed by atoms with Gasteiger partial charge in [-0.25, -0.2) is 19.2 Å². The van der Waals surface area contributed by atoms with E-state index < -0.39 is 11.8 Å². The Bertz CT molecular complexity index is 980. The summed E-state index contributed by atoms with van der Waals surface area (Å²) in [6.07, 6.45) is 0. The highest BCUT2D eigenvalue weighted by atomic mass is 35.5. The molecule has 0 fully saturated rings. The van der Waals surface area contributed by atoms with Crippen LogP contribution in [-0.4, -0.2) is 23.0 Å². The number of carbonyl (C=O) groups excluding carboxylic acids is 1. The number of carbonyl (C=O) groups is 1. The van der Waals surface area contributed by atoms with Gasteiger partial charge in [-0.2, -0.15) is 0 Å². The molecule has 27 heavy (non-hydrogen) atoms. The van der Waals surface area contributed by atoms with Crippen molar-refractivity contribution in [1.29, 1.82) is 0 Å². The molecule has 0 spiro atoms. The van der Waals surface area contributed by atoms with E-state index in [0.29, 0.717) is 28.7 Å². The molecule has 0 saturated heterocycles. The maximum absolute atomic E-state index is 13.3. The zero-order valence-corrected chi connectivity index (χ0v) is 15.3. The number of ether oxygens (including phenoxy) is 1. The fourth-order valence-corrected chi connectivity index (χ4v) is 2.55. The van der Waals surface area contributed by atoms with Gasteiger partial charge in [-0.3, -0.25) is 0 Å². The average Bonchev–Trinajstić information content (AvgIpc) is 2.64. The zero-order valence-electron chi connectivity index (χ0n) is 14.6. The van der Waals surface area contributed by atoms with Crippen molar-refractivity contribution in [3.8, 4) is 0 Å². The zero-order chi connectivity index (χ0) is 19.4. The molecule has 0 aliphatic heterocycles. The molecule has 0 aliphatic carbocycles. The highest BCUT2D eigenvalue weighted by Gasteiger charge is 2.07. The van der Waals surface area contributed by atoms with E-state index in [1.54, 1.807) is 43.3 Å². The Morgan fingerprint density at radius 2 is 1.59 bits per heavy atom. The van der Waals surface area contributed by atoms with Gasteiger partial charge in [0.2, 0.25) is 0 Å². The summed E-state index contributed by atoms with van der Waals surface area (Å²) in [5, 5.41) is 6.24. The third-order valence-electron chi connectivity index (χ3n) is 3.61. The topological polar surface area (TPSA) is 76.1 Å². The number of aromatic nitrogens is 2. The summed E-state index contributed by atoms with van der Waals surface area (Å²) in [6, 6.07) is 12.8. The second kappa shape index (κ2) is 8.01. The smallest absolute Gasteiger partial charge is 0.337 e. The van der Waals surface area contributed by atoms with E-state index in [1.807, 2.05) is 0 Å². The minimum absolute atomic E-state index is 0.0230. The Kier molecular flexibility index (Phi) is 5.52.